The van der Waals surface area contributed by atoms with Gasteiger partial charge in [0.25, 0.3) is 10.0 Å². The van der Waals surface area contributed by atoms with E-state index in [1.54, 1.807) is 12.1 Å². The van der Waals surface area contributed by atoms with Crippen LogP contribution in [0.3, 0.4) is 0 Å². The molecule has 0 saturated heterocycles. The molecule has 0 aromatic heterocycles. The van der Waals surface area contributed by atoms with E-state index >= 15 is 4.39 Å². The maximum Gasteiger partial charge on any atom is 0.266 e. The van der Waals surface area contributed by atoms with Crippen LogP contribution in [-0.4, -0.2) is 14.4 Å². The summed E-state index contributed by atoms with van der Waals surface area (Å²) in [6, 6.07) is 22.0. The Bertz CT molecular complexity index is 1550. The molecule has 1 heterocycles. The third-order valence-corrected chi connectivity index (χ3v) is 7.31. The van der Waals surface area contributed by atoms with Crippen LogP contribution in [0, 0.1) is 11.6 Å². The van der Waals surface area contributed by atoms with Crippen molar-refractivity contribution >= 4 is 32.4 Å². The van der Waals surface area contributed by atoms with Gasteiger partial charge in [0.05, 0.1) is 12.2 Å². The summed E-state index contributed by atoms with van der Waals surface area (Å²) in [7, 11) is -3.98. The van der Waals surface area contributed by atoms with Gasteiger partial charge in [-0.2, -0.15) is 0 Å². The number of benzene rings is 4. The zero-order chi connectivity index (χ0) is 23.9. The third-order valence-electron chi connectivity index (χ3n) is 5.93. The molecule has 0 aliphatic carbocycles. The molecule has 0 bridgehead atoms. The van der Waals surface area contributed by atoms with E-state index in [2.05, 4.69) is 15.0 Å². The second kappa shape index (κ2) is 8.53. The van der Waals surface area contributed by atoms with Gasteiger partial charge in [0.2, 0.25) is 5.96 Å². The van der Waals surface area contributed by atoms with Gasteiger partial charge in [0.1, 0.15) is 16.5 Å². The molecule has 1 atom stereocenters. The maximum absolute atomic E-state index is 15.2. The van der Waals surface area contributed by atoms with E-state index in [0.717, 1.165) is 16.3 Å². The zero-order valence-electron chi connectivity index (χ0n) is 18.2. The second-order valence-electron chi connectivity index (χ2n) is 8.19. The predicted molar refractivity (Wildman–Crippen MR) is 129 cm³/mol. The fourth-order valence-corrected chi connectivity index (χ4v) is 5.35. The quantitative estimate of drug-likeness (QED) is 0.406. The molecular formula is C26H21F2N3O2S. The van der Waals surface area contributed by atoms with Crippen LogP contribution in [0.15, 0.2) is 88.8 Å². The van der Waals surface area contributed by atoms with Crippen molar-refractivity contribution in [2.45, 2.75) is 24.3 Å². The van der Waals surface area contributed by atoms with E-state index in [4.69, 9.17) is 0 Å². The van der Waals surface area contributed by atoms with Gasteiger partial charge in [-0.05, 0) is 46.2 Å². The highest BCUT2D eigenvalue weighted by Crippen LogP contribution is 2.38. The van der Waals surface area contributed by atoms with E-state index in [-0.39, 0.29) is 28.7 Å². The molecule has 5 nitrogen and oxygen atoms in total. The fraction of sp³-hybridized carbons (Fsp3) is 0.115. The van der Waals surface area contributed by atoms with Crippen molar-refractivity contribution in [3.05, 3.63) is 107 Å². The molecule has 1 unspecified atom stereocenters. The number of hydrogen-bond acceptors (Lipinski definition) is 3. The summed E-state index contributed by atoms with van der Waals surface area (Å²) in [6.07, 6.45) is 0. The predicted octanol–water partition coefficient (Wildman–Crippen LogP) is 5.53. The Labute approximate surface area is 196 Å². The van der Waals surface area contributed by atoms with Gasteiger partial charge in [0, 0.05) is 11.5 Å². The van der Waals surface area contributed by atoms with Crippen molar-refractivity contribution in [1.29, 1.82) is 0 Å². The molecule has 172 valence electrons. The second-order valence-corrected chi connectivity index (χ2v) is 9.84. The molecule has 0 fully saturated rings. The minimum atomic E-state index is -3.98. The van der Waals surface area contributed by atoms with Crippen LogP contribution in [0.5, 0.6) is 0 Å². The van der Waals surface area contributed by atoms with Crippen LogP contribution in [0.2, 0.25) is 0 Å². The van der Waals surface area contributed by atoms with Crippen LogP contribution in [0.25, 0.3) is 10.8 Å². The normalized spacial score (nSPS) is 16.5. The number of fused-ring (bicyclic) bond motifs is 2. The van der Waals surface area contributed by atoms with Crippen molar-refractivity contribution in [2.24, 2.45) is 4.99 Å². The Morgan fingerprint density at radius 3 is 2.50 bits per heavy atom. The average Bonchev–Trinajstić information content (AvgIpc) is 2.81. The first-order valence-corrected chi connectivity index (χ1v) is 12.2. The number of guanidine groups is 1. The Morgan fingerprint density at radius 1 is 0.912 bits per heavy atom. The molecule has 0 spiro atoms. The molecule has 5 rings (SSSR count). The Morgan fingerprint density at radius 2 is 1.71 bits per heavy atom. The van der Waals surface area contributed by atoms with E-state index in [0.29, 0.717) is 5.56 Å². The number of halogens is 2. The molecular weight excluding hydrogens is 456 g/mol. The van der Waals surface area contributed by atoms with Gasteiger partial charge in [-0.3, -0.25) is 0 Å². The Balaban J connectivity index is 1.56. The SMILES string of the molecule is CC(c1ccc2ccccc2c1)c1c(F)ccc2c1NC(=NCc1cccc(F)c1)NS2(=O)=O. The molecule has 4 aromatic rings. The number of nitrogens with one attached hydrogen (secondary N) is 2. The van der Waals surface area contributed by atoms with Gasteiger partial charge in [-0.1, -0.05) is 61.5 Å². The minimum absolute atomic E-state index is 0.0445. The summed E-state index contributed by atoms with van der Waals surface area (Å²) in [6.45, 7) is 1.88. The molecule has 8 heteroatoms. The van der Waals surface area contributed by atoms with Crippen molar-refractivity contribution < 1.29 is 17.2 Å². The van der Waals surface area contributed by atoms with Crippen molar-refractivity contribution in [3.63, 3.8) is 0 Å². The lowest BCUT2D eigenvalue weighted by atomic mass is 9.90. The molecule has 0 amide bonds. The number of hydrogen-bond donors (Lipinski definition) is 2. The molecule has 0 saturated carbocycles. The third kappa shape index (κ3) is 4.12. The van der Waals surface area contributed by atoms with Crippen LogP contribution in [0.4, 0.5) is 14.5 Å². The zero-order valence-corrected chi connectivity index (χ0v) is 19.0. The lowest BCUT2D eigenvalue weighted by Crippen LogP contribution is -2.41. The van der Waals surface area contributed by atoms with Gasteiger partial charge in [0.15, 0.2) is 0 Å². The lowest BCUT2D eigenvalue weighted by Gasteiger charge is -2.26. The van der Waals surface area contributed by atoms with Crippen LogP contribution >= 0.6 is 0 Å². The smallest absolute Gasteiger partial charge is 0.266 e. The summed E-state index contributed by atoms with van der Waals surface area (Å²) >= 11 is 0. The molecule has 0 radical (unpaired) electrons. The summed E-state index contributed by atoms with van der Waals surface area (Å²) < 4.78 is 56.9. The number of aliphatic imine (C=N–C) groups is 1. The van der Waals surface area contributed by atoms with E-state index in [9.17, 15) is 12.8 Å². The first kappa shape index (κ1) is 22.0. The topological polar surface area (TPSA) is 70.6 Å². The molecule has 2 N–H and O–H groups in total. The van der Waals surface area contributed by atoms with Crippen molar-refractivity contribution in [3.8, 4) is 0 Å². The van der Waals surface area contributed by atoms with Gasteiger partial charge < -0.3 is 5.32 Å². The summed E-state index contributed by atoms with van der Waals surface area (Å²) in [5.74, 6) is -1.42. The number of sulfonamides is 1. The maximum atomic E-state index is 15.2. The van der Waals surface area contributed by atoms with Crippen molar-refractivity contribution in [2.75, 3.05) is 5.32 Å². The Kier molecular flexibility index (Phi) is 5.53. The minimum Gasteiger partial charge on any atom is -0.324 e. The van der Waals surface area contributed by atoms with E-state index in [1.807, 2.05) is 49.4 Å². The van der Waals surface area contributed by atoms with E-state index < -0.39 is 27.6 Å². The number of rotatable bonds is 4. The first-order valence-electron chi connectivity index (χ1n) is 10.7. The summed E-state index contributed by atoms with van der Waals surface area (Å²) in [4.78, 5) is 4.20. The van der Waals surface area contributed by atoms with Crippen LogP contribution in [-0.2, 0) is 16.6 Å². The van der Waals surface area contributed by atoms with E-state index in [1.165, 1.54) is 24.3 Å². The van der Waals surface area contributed by atoms with Gasteiger partial charge in [-0.15, -0.1) is 0 Å². The van der Waals surface area contributed by atoms with Crippen molar-refractivity contribution in [1.82, 2.24) is 4.72 Å². The average molecular weight is 478 g/mol. The molecule has 34 heavy (non-hydrogen) atoms. The first-order chi connectivity index (χ1) is 16.3. The summed E-state index contributed by atoms with van der Waals surface area (Å²) in [5, 5.41) is 5.03. The lowest BCUT2D eigenvalue weighted by molar-refractivity contribution is 0.586. The fourth-order valence-electron chi connectivity index (χ4n) is 4.20. The highest BCUT2D eigenvalue weighted by molar-refractivity contribution is 7.90. The number of nitrogens with zero attached hydrogens (tertiary/aromatic N) is 1. The largest absolute Gasteiger partial charge is 0.324 e. The highest BCUT2D eigenvalue weighted by atomic mass is 32.2. The standard InChI is InChI=1S/C26H21F2N3O2S/c1-16(19-10-9-18-6-2-3-7-20(18)14-19)24-22(28)11-12-23-25(24)30-26(31-34(23,32)33)29-15-17-5-4-8-21(27)13-17/h2-14,16H,15H2,1H3,(H2,29,30,31). The van der Waals surface area contributed by atoms with Gasteiger partial charge >= 0.3 is 0 Å². The molecule has 4 aromatic carbocycles. The number of anilines is 1. The molecule has 1 aliphatic rings. The van der Waals surface area contributed by atoms with Crippen LogP contribution in [0.1, 0.15) is 29.5 Å². The highest BCUT2D eigenvalue weighted by Gasteiger charge is 2.32. The summed E-state index contributed by atoms with van der Waals surface area (Å²) in [5.41, 5.74) is 1.80. The monoisotopic (exact) mass is 477 g/mol. The Hall–Kier alpha value is -3.78. The molecule has 1 aliphatic heterocycles. The van der Waals surface area contributed by atoms with Gasteiger partial charge in [-0.25, -0.2) is 26.9 Å². The van der Waals surface area contributed by atoms with Crippen LogP contribution < -0.4 is 10.0 Å².